The Morgan fingerprint density at radius 1 is 1.12 bits per heavy atom. The summed E-state index contributed by atoms with van der Waals surface area (Å²) in [4.78, 5) is 11.4. The van der Waals surface area contributed by atoms with Crippen molar-refractivity contribution in [3.8, 4) is 0 Å². The van der Waals surface area contributed by atoms with E-state index in [1.165, 1.54) is 18.2 Å². The van der Waals surface area contributed by atoms with Gasteiger partial charge < -0.3 is 5.32 Å². The molecule has 0 saturated heterocycles. The number of amides is 1. The molecule has 126 valence electrons. The average molecular weight is 348 g/mol. The van der Waals surface area contributed by atoms with E-state index >= 15 is 0 Å². The van der Waals surface area contributed by atoms with Gasteiger partial charge in [0.2, 0.25) is 15.9 Å². The van der Waals surface area contributed by atoms with Crippen LogP contribution in [-0.2, 0) is 21.4 Å². The van der Waals surface area contributed by atoms with Crippen LogP contribution in [-0.4, -0.2) is 14.3 Å². The molecule has 2 N–H and O–H groups in total. The van der Waals surface area contributed by atoms with Crippen LogP contribution in [0.4, 0.5) is 10.1 Å². The molecule has 1 amide bonds. The van der Waals surface area contributed by atoms with Gasteiger partial charge >= 0.3 is 0 Å². The summed E-state index contributed by atoms with van der Waals surface area (Å²) >= 11 is 0. The molecule has 0 radical (unpaired) electrons. The first-order chi connectivity index (χ1) is 11.5. The van der Waals surface area contributed by atoms with Crippen LogP contribution in [0.15, 0.2) is 53.4 Å². The van der Waals surface area contributed by atoms with E-state index in [0.29, 0.717) is 11.3 Å². The van der Waals surface area contributed by atoms with Gasteiger partial charge in [-0.25, -0.2) is 17.5 Å². The summed E-state index contributed by atoms with van der Waals surface area (Å²) in [6.07, 6.45) is 1.82. The van der Waals surface area contributed by atoms with Gasteiger partial charge in [0, 0.05) is 18.2 Å². The molecule has 0 aliphatic heterocycles. The summed E-state index contributed by atoms with van der Waals surface area (Å²) in [7, 11) is -3.94. The van der Waals surface area contributed by atoms with Crippen LogP contribution in [0.1, 0.15) is 18.4 Å². The van der Waals surface area contributed by atoms with Crippen molar-refractivity contribution in [3.05, 3.63) is 59.9 Å². The van der Waals surface area contributed by atoms with Gasteiger partial charge in [0.15, 0.2) is 0 Å². The molecule has 0 aromatic heterocycles. The lowest BCUT2D eigenvalue weighted by Crippen LogP contribution is -2.24. The van der Waals surface area contributed by atoms with Crippen LogP contribution in [0.2, 0.25) is 0 Å². The van der Waals surface area contributed by atoms with E-state index in [4.69, 9.17) is 0 Å². The fraction of sp³-hybridized carbons (Fsp3) is 0.235. The van der Waals surface area contributed by atoms with Crippen molar-refractivity contribution in [2.75, 3.05) is 5.32 Å². The Labute approximate surface area is 139 Å². The standard InChI is InChI=1S/C17H17FN2O3S/c18-15-6-1-2-7-16(15)24(22,23)19-11-12-4-3-5-14(10-12)20-17(21)13-8-9-13/h1-7,10,13,19H,8-9,11H2,(H,20,21). The number of halogens is 1. The number of carbonyl (C=O) groups excluding carboxylic acids is 1. The second-order valence-corrected chi connectivity index (χ2v) is 7.45. The van der Waals surface area contributed by atoms with Gasteiger partial charge in [-0.3, -0.25) is 4.79 Å². The number of rotatable bonds is 6. The van der Waals surface area contributed by atoms with Crippen molar-refractivity contribution < 1.29 is 17.6 Å². The minimum absolute atomic E-state index is 0.00378. The summed E-state index contributed by atoms with van der Waals surface area (Å²) in [6.45, 7) is 0.00378. The second-order valence-electron chi connectivity index (χ2n) is 5.72. The molecule has 1 saturated carbocycles. The highest BCUT2D eigenvalue weighted by Gasteiger charge is 2.29. The van der Waals surface area contributed by atoms with E-state index in [2.05, 4.69) is 10.0 Å². The van der Waals surface area contributed by atoms with Crippen LogP contribution >= 0.6 is 0 Å². The van der Waals surface area contributed by atoms with E-state index < -0.39 is 15.8 Å². The largest absolute Gasteiger partial charge is 0.326 e. The molecule has 0 atom stereocenters. The smallest absolute Gasteiger partial charge is 0.243 e. The zero-order chi connectivity index (χ0) is 17.2. The number of benzene rings is 2. The number of hydrogen-bond donors (Lipinski definition) is 2. The van der Waals surface area contributed by atoms with Crippen LogP contribution in [0, 0.1) is 11.7 Å². The van der Waals surface area contributed by atoms with Gasteiger partial charge in [-0.15, -0.1) is 0 Å². The van der Waals surface area contributed by atoms with E-state index in [9.17, 15) is 17.6 Å². The molecule has 1 fully saturated rings. The first-order valence-electron chi connectivity index (χ1n) is 7.60. The maximum Gasteiger partial charge on any atom is 0.243 e. The van der Waals surface area contributed by atoms with Crippen molar-refractivity contribution in [1.82, 2.24) is 4.72 Å². The molecule has 0 bridgehead atoms. The van der Waals surface area contributed by atoms with Crippen molar-refractivity contribution in [3.63, 3.8) is 0 Å². The Morgan fingerprint density at radius 2 is 1.88 bits per heavy atom. The number of sulfonamides is 1. The molecular formula is C17H17FN2O3S. The highest BCUT2D eigenvalue weighted by Crippen LogP contribution is 2.30. The molecule has 1 aliphatic rings. The zero-order valence-electron chi connectivity index (χ0n) is 12.8. The van der Waals surface area contributed by atoms with Gasteiger partial charge in [0.25, 0.3) is 0 Å². The van der Waals surface area contributed by atoms with Gasteiger partial charge in [-0.05, 0) is 42.7 Å². The lowest BCUT2D eigenvalue weighted by Gasteiger charge is -2.09. The predicted octanol–water partition coefficient (Wildman–Crippen LogP) is 2.65. The number of nitrogens with one attached hydrogen (secondary N) is 2. The Balaban J connectivity index is 1.68. The molecule has 24 heavy (non-hydrogen) atoms. The predicted molar refractivity (Wildman–Crippen MR) is 88.2 cm³/mol. The lowest BCUT2D eigenvalue weighted by molar-refractivity contribution is -0.117. The highest BCUT2D eigenvalue weighted by molar-refractivity contribution is 7.89. The van der Waals surface area contributed by atoms with Crippen molar-refractivity contribution in [2.24, 2.45) is 5.92 Å². The molecule has 0 unspecified atom stereocenters. The van der Waals surface area contributed by atoms with Crippen molar-refractivity contribution >= 4 is 21.6 Å². The Morgan fingerprint density at radius 3 is 2.58 bits per heavy atom. The van der Waals surface area contributed by atoms with Crippen molar-refractivity contribution in [2.45, 2.75) is 24.3 Å². The van der Waals surface area contributed by atoms with E-state index in [1.807, 2.05) is 0 Å². The Hall–Kier alpha value is -2.25. The molecule has 2 aromatic rings. The molecule has 7 heteroatoms. The van der Waals surface area contributed by atoms with Crippen LogP contribution in [0.5, 0.6) is 0 Å². The fourth-order valence-electron chi connectivity index (χ4n) is 2.27. The molecule has 5 nitrogen and oxygen atoms in total. The molecule has 0 heterocycles. The summed E-state index contributed by atoms with van der Waals surface area (Å²) < 4.78 is 40.3. The topological polar surface area (TPSA) is 75.3 Å². The lowest BCUT2D eigenvalue weighted by atomic mass is 10.2. The summed E-state index contributed by atoms with van der Waals surface area (Å²) in [5.41, 5.74) is 1.29. The van der Waals surface area contributed by atoms with E-state index in [1.54, 1.807) is 24.3 Å². The SMILES string of the molecule is O=C(Nc1cccc(CNS(=O)(=O)c2ccccc2F)c1)C1CC1. The first kappa shape index (κ1) is 16.6. The number of hydrogen-bond acceptors (Lipinski definition) is 3. The monoisotopic (exact) mass is 348 g/mol. The summed E-state index contributed by atoms with van der Waals surface area (Å²) in [5.74, 6) is -0.720. The third kappa shape index (κ3) is 3.98. The van der Waals surface area contributed by atoms with E-state index in [0.717, 1.165) is 18.9 Å². The minimum Gasteiger partial charge on any atom is -0.326 e. The van der Waals surface area contributed by atoms with Gasteiger partial charge in [-0.2, -0.15) is 0 Å². The average Bonchev–Trinajstić information content (AvgIpc) is 3.39. The molecular weight excluding hydrogens is 331 g/mol. The molecule has 1 aliphatic carbocycles. The summed E-state index contributed by atoms with van der Waals surface area (Å²) in [6, 6.07) is 12.1. The van der Waals surface area contributed by atoms with Gasteiger partial charge in [-0.1, -0.05) is 24.3 Å². The van der Waals surface area contributed by atoms with Gasteiger partial charge in [0.05, 0.1) is 0 Å². The minimum atomic E-state index is -3.94. The number of carbonyl (C=O) groups is 1. The van der Waals surface area contributed by atoms with Gasteiger partial charge in [0.1, 0.15) is 10.7 Å². The highest BCUT2D eigenvalue weighted by atomic mass is 32.2. The third-order valence-electron chi connectivity index (χ3n) is 3.74. The zero-order valence-corrected chi connectivity index (χ0v) is 13.6. The maximum absolute atomic E-state index is 13.6. The van der Waals surface area contributed by atoms with Crippen LogP contribution in [0.25, 0.3) is 0 Å². The normalized spacial score (nSPS) is 14.4. The number of anilines is 1. The van der Waals surface area contributed by atoms with Crippen molar-refractivity contribution in [1.29, 1.82) is 0 Å². The first-order valence-corrected chi connectivity index (χ1v) is 9.08. The molecule has 3 rings (SSSR count). The van der Waals surface area contributed by atoms with E-state index in [-0.39, 0.29) is 23.3 Å². The third-order valence-corrected chi connectivity index (χ3v) is 5.17. The summed E-state index contributed by atoms with van der Waals surface area (Å²) in [5, 5.41) is 2.81. The van der Waals surface area contributed by atoms with Crippen LogP contribution in [0.3, 0.4) is 0 Å². The maximum atomic E-state index is 13.6. The Kier molecular flexibility index (Phi) is 4.64. The molecule has 0 spiro atoms. The fourth-order valence-corrected chi connectivity index (χ4v) is 3.36. The molecule has 2 aromatic carbocycles. The Bertz CT molecular complexity index is 864. The quantitative estimate of drug-likeness (QED) is 0.843. The second kappa shape index (κ2) is 6.70. The van der Waals surface area contributed by atoms with Crippen LogP contribution < -0.4 is 10.0 Å².